The van der Waals surface area contributed by atoms with Gasteiger partial charge >= 0.3 is 0 Å². The van der Waals surface area contributed by atoms with E-state index in [0.29, 0.717) is 14.0 Å². The zero-order valence-corrected chi connectivity index (χ0v) is 9.69. The molecule has 0 spiro atoms. The molecule has 88 valence electrons. The van der Waals surface area contributed by atoms with Gasteiger partial charge in [-0.3, -0.25) is 0 Å². The molecule has 0 aliphatic heterocycles. The van der Waals surface area contributed by atoms with E-state index < -0.39 is 0 Å². The Balaban J connectivity index is 2.32. The molecule has 0 amide bonds. The van der Waals surface area contributed by atoms with E-state index in [1.807, 2.05) is 24.3 Å². The summed E-state index contributed by atoms with van der Waals surface area (Å²) in [4.78, 5) is 0. The average molecular weight is 229 g/mol. The molecular formula is C13H16BNO2. The number of aliphatic hydroxyl groups excluding tert-OH is 2. The zero-order valence-electron chi connectivity index (χ0n) is 9.69. The average Bonchev–Trinajstić information content (AvgIpc) is 2.38. The lowest BCUT2D eigenvalue weighted by atomic mass is 9.78. The summed E-state index contributed by atoms with van der Waals surface area (Å²) in [5.41, 5.74) is 2.02. The first-order valence-electron chi connectivity index (χ1n) is 5.78. The highest BCUT2D eigenvalue weighted by Crippen LogP contribution is 2.13. The zero-order chi connectivity index (χ0) is 12.1. The van der Waals surface area contributed by atoms with Crippen molar-refractivity contribution in [3.8, 4) is 0 Å². The van der Waals surface area contributed by atoms with Gasteiger partial charge in [-0.05, 0) is 22.4 Å². The fourth-order valence-electron chi connectivity index (χ4n) is 1.95. The molecule has 3 nitrogen and oxygen atoms in total. The van der Waals surface area contributed by atoms with E-state index in [1.54, 1.807) is 0 Å². The summed E-state index contributed by atoms with van der Waals surface area (Å²) in [6.07, 6.45) is 0. The molecule has 0 aliphatic rings. The van der Waals surface area contributed by atoms with Crippen LogP contribution in [0.4, 0.5) is 0 Å². The highest BCUT2D eigenvalue weighted by Gasteiger charge is 2.05. The van der Waals surface area contributed by atoms with Crippen molar-refractivity contribution in [1.29, 1.82) is 0 Å². The number of rotatable bonds is 5. The van der Waals surface area contributed by atoms with Gasteiger partial charge in [-0.2, -0.15) is 0 Å². The number of benzene rings is 2. The van der Waals surface area contributed by atoms with Crippen LogP contribution in [0, 0.1) is 0 Å². The highest BCUT2D eigenvalue weighted by atomic mass is 16.3. The molecule has 2 rings (SSSR count). The van der Waals surface area contributed by atoms with Gasteiger partial charge in [0.2, 0.25) is 7.41 Å². The van der Waals surface area contributed by atoms with Crippen LogP contribution in [0.1, 0.15) is 5.56 Å². The van der Waals surface area contributed by atoms with Crippen molar-refractivity contribution in [2.45, 2.75) is 6.61 Å². The van der Waals surface area contributed by atoms with E-state index in [-0.39, 0.29) is 13.2 Å². The third-order valence-electron chi connectivity index (χ3n) is 2.84. The Labute approximate surface area is 101 Å². The van der Waals surface area contributed by atoms with Crippen molar-refractivity contribution in [3.05, 3.63) is 42.0 Å². The topological polar surface area (TPSA) is 52.5 Å². The molecule has 0 radical (unpaired) electrons. The highest BCUT2D eigenvalue weighted by molar-refractivity contribution is 6.52. The van der Waals surface area contributed by atoms with Gasteiger partial charge in [0.1, 0.15) is 0 Å². The van der Waals surface area contributed by atoms with E-state index in [4.69, 9.17) is 5.11 Å². The van der Waals surface area contributed by atoms with E-state index in [2.05, 4.69) is 17.4 Å². The Bertz CT molecular complexity index is 502. The van der Waals surface area contributed by atoms with Gasteiger partial charge in [0.25, 0.3) is 0 Å². The quantitative estimate of drug-likeness (QED) is 0.495. The Morgan fingerprint density at radius 3 is 2.41 bits per heavy atom. The predicted molar refractivity (Wildman–Crippen MR) is 71.7 cm³/mol. The lowest BCUT2D eigenvalue weighted by Crippen LogP contribution is -2.34. The maximum absolute atomic E-state index is 9.36. The van der Waals surface area contributed by atoms with E-state index in [0.717, 1.165) is 16.4 Å². The minimum Gasteiger partial charge on any atom is -0.395 e. The summed E-state index contributed by atoms with van der Waals surface area (Å²) in [5, 5.41) is 23.5. The molecule has 3 N–H and O–H groups in total. The summed E-state index contributed by atoms with van der Waals surface area (Å²) < 4.78 is 0. The molecule has 0 aromatic heterocycles. The van der Waals surface area contributed by atoms with Gasteiger partial charge in [-0.15, -0.1) is 0 Å². The fraction of sp³-hybridized carbons (Fsp3) is 0.231. The Hall–Kier alpha value is -1.36. The maximum Gasteiger partial charge on any atom is 0.236 e. The lowest BCUT2D eigenvalue weighted by molar-refractivity contribution is 0.283. The number of hydrogen-bond acceptors (Lipinski definition) is 3. The predicted octanol–water partition coefficient (Wildman–Crippen LogP) is -0.109. The standard InChI is InChI=1S/C13H16BNO2/c16-6-5-15-14-13-8-11-4-2-1-3-10(11)7-12(13)9-17/h1-4,7-8,14-17H,5-6,9H2. The lowest BCUT2D eigenvalue weighted by Gasteiger charge is -2.09. The summed E-state index contributed by atoms with van der Waals surface area (Å²) in [6.45, 7) is 0.737. The molecule has 0 atom stereocenters. The van der Waals surface area contributed by atoms with Gasteiger partial charge in [0.05, 0.1) is 13.2 Å². The first-order chi connectivity index (χ1) is 8.35. The molecule has 0 bridgehead atoms. The van der Waals surface area contributed by atoms with Gasteiger partial charge in [-0.25, -0.2) is 0 Å². The number of aliphatic hydroxyl groups is 2. The maximum atomic E-state index is 9.36. The summed E-state index contributed by atoms with van der Waals surface area (Å²) in [6, 6.07) is 12.2. The van der Waals surface area contributed by atoms with E-state index in [9.17, 15) is 5.11 Å². The molecular weight excluding hydrogens is 213 g/mol. The van der Waals surface area contributed by atoms with Crippen LogP contribution in [-0.4, -0.2) is 30.8 Å². The molecule has 17 heavy (non-hydrogen) atoms. The third-order valence-corrected chi connectivity index (χ3v) is 2.84. The monoisotopic (exact) mass is 229 g/mol. The van der Waals surface area contributed by atoms with Crippen LogP contribution < -0.4 is 10.7 Å². The van der Waals surface area contributed by atoms with Crippen molar-refractivity contribution < 1.29 is 10.2 Å². The van der Waals surface area contributed by atoms with E-state index >= 15 is 0 Å². The van der Waals surface area contributed by atoms with Crippen LogP contribution in [0.5, 0.6) is 0 Å². The number of nitrogens with one attached hydrogen (secondary N) is 1. The van der Waals surface area contributed by atoms with Gasteiger partial charge in [-0.1, -0.05) is 35.8 Å². The molecule has 2 aromatic carbocycles. The van der Waals surface area contributed by atoms with Crippen LogP contribution >= 0.6 is 0 Å². The molecule has 2 aromatic rings. The first kappa shape index (κ1) is 12.1. The molecule has 0 heterocycles. The second-order valence-electron chi connectivity index (χ2n) is 4.03. The number of fused-ring (bicyclic) bond motifs is 1. The molecule has 0 aliphatic carbocycles. The van der Waals surface area contributed by atoms with Crippen molar-refractivity contribution in [2.24, 2.45) is 0 Å². The van der Waals surface area contributed by atoms with Crippen LogP contribution in [0.2, 0.25) is 0 Å². The second kappa shape index (κ2) is 5.82. The fourth-order valence-corrected chi connectivity index (χ4v) is 1.95. The Morgan fingerprint density at radius 1 is 1.06 bits per heavy atom. The molecule has 4 heteroatoms. The third kappa shape index (κ3) is 2.85. The van der Waals surface area contributed by atoms with Gasteiger partial charge in [0.15, 0.2) is 0 Å². The van der Waals surface area contributed by atoms with Gasteiger partial charge in [0, 0.05) is 6.54 Å². The van der Waals surface area contributed by atoms with Crippen molar-refractivity contribution in [2.75, 3.05) is 13.2 Å². The van der Waals surface area contributed by atoms with Crippen LogP contribution in [0.25, 0.3) is 10.8 Å². The summed E-state index contributed by atoms with van der Waals surface area (Å²) in [7, 11) is 0.668. The summed E-state index contributed by atoms with van der Waals surface area (Å²) in [5.74, 6) is 0. The molecule has 0 unspecified atom stereocenters. The largest absolute Gasteiger partial charge is 0.395 e. The normalized spacial score (nSPS) is 10.7. The Morgan fingerprint density at radius 2 is 1.76 bits per heavy atom. The second-order valence-corrected chi connectivity index (χ2v) is 4.03. The van der Waals surface area contributed by atoms with Gasteiger partial charge < -0.3 is 15.4 Å². The van der Waals surface area contributed by atoms with E-state index in [1.165, 1.54) is 5.39 Å². The SMILES string of the molecule is OCCNBc1cc2ccccc2cc1CO. The van der Waals surface area contributed by atoms with Crippen molar-refractivity contribution >= 4 is 23.6 Å². The van der Waals surface area contributed by atoms with Crippen LogP contribution in [-0.2, 0) is 6.61 Å². The summed E-state index contributed by atoms with van der Waals surface area (Å²) >= 11 is 0. The minimum absolute atomic E-state index is 0.0426. The molecule has 0 saturated heterocycles. The minimum atomic E-state index is 0.0426. The van der Waals surface area contributed by atoms with Crippen LogP contribution in [0.15, 0.2) is 36.4 Å². The Kier molecular flexibility index (Phi) is 4.15. The molecule has 0 saturated carbocycles. The van der Waals surface area contributed by atoms with Crippen LogP contribution in [0.3, 0.4) is 0 Å². The number of hydrogen-bond donors (Lipinski definition) is 3. The van der Waals surface area contributed by atoms with Crippen molar-refractivity contribution in [1.82, 2.24) is 5.23 Å². The smallest absolute Gasteiger partial charge is 0.236 e. The first-order valence-corrected chi connectivity index (χ1v) is 5.78. The van der Waals surface area contributed by atoms with Crippen molar-refractivity contribution in [3.63, 3.8) is 0 Å². The molecule has 0 fully saturated rings.